The molecule has 0 atom stereocenters. The molecule has 0 radical (unpaired) electrons. The molecule has 0 aliphatic carbocycles. The second-order valence-electron chi connectivity index (χ2n) is 2.72. The third-order valence-corrected chi connectivity index (χ3v) is 1.98. The standard InChI is InChI=1S/C9H7ClN2O4/c10-6-3-1-2-4-7(6)11-5-8(9(13)14)12(15)16/h1-5,11H,(H,13,14)/b8-5+. The second kappa shape index (κ2) is 5.13. The van der Waals surface area contributed by atoms with Crippen molar-refractivity contribution in [1.29, 1.82) is 0 Å². The van der Waals surface area contributed by atoms with Crippen molar-refractivity contribution in [3.63, 3.8) is 0 Å². The summed E-state index contributed by atoms with van der Waals surface area (Å²) < 4.78 is 0. The highest BCUT2D eigenvalue weighted by Crippen LogP contribution is 2.20. The molecule has 1 aromatic rings. The molecule has 2 N–H and O–H groups in total. The molecule has 0 heterocycles. The van der Waals surface area contributed by atoms with Crippen LogP contribution < -0.4 is 5.32 Å². The third-order valence-electron chi connectivity index (χ3n) is 1.65. The van der Waals surface area contributed by atoms with Gasteiger partial charge in [0.15, 0.2) is 0 Å². The molecule has 0 saturated carbocycles. The number of halogens is 1. The van der Waals surface area contributed by atoms with Gasteiger partial charge in [0.25, 0.3) is 0 Å². The van der Waals surface area contributed by atoms with E-state index in [1.807, 2.05) is 0 Å². The van der Waals surface area contributed by atoms with Gasteiger partial charge in [-0.2, -0.15) is 0 Å². The Balaban J connectivity index is 2.90. The molecule has 0 spiro atoms. The van der Waals surface area contributed by atoms with E-state index in [9.17, 15) is 14.9 Å². The van der Waals surface area contributed by atoms with Gasteiger partial charge in [-0.1, -0.05) is 23.7 Å². The summed E-state index contributed by atoms with van der Waals surface area (Å²) in [5.41, 5.74) is -0.565. The molecule has 0 fully saturated rings. The number of carboxylic acid groups (broad SMARTS) is 1. The molecular weight excluding hydrogens is 236 g/mol. The lowest BCUT2D eigenvalue weighted by atomic mass is 10.3. The van der Waals surface area contributed by atoms with Gasteiger partial charge in [-0.05, 0) is 12.1 Å². The lowest BCUT2D eigenvalue weighted by Crippen LogP contribution is -2.12. The number of anilines is 1. The largest absolute Gasteiger partial charge is 0.473 e. The molecule has 0 saturated heterocycles. The number of nitro groups is 1. The maximum absolute atomic E-state index is 10.5. The average molecular weight is 243 g/mol. The SMILES string of the molecule is O=C(O)/C(=C\Nc1ccccc1Cl)[N+](=O)[O-]. The summed E-state index contributed by atoms with van der Waals surface area (Å²) in [7, 11) is 0. The predicted molar refractivity (Wildman–Crippen MR) is 57.8 cm³/mol. The lowest BCUT2D eigenvalue weighted by molar-refractivity contribution is -0.421. The molecular formula is C9H7ClN2O4. The third kappa shape index (κ3) is 2.96. The highest BCUT2D eigenvalue weighted by Gasteiger charge is 2.20. The fourth-order valence-electron chi connectivity index (χ4n) is 0.917. The van der Waals surface area contributed by atoms with E-state index in [4.69, 9.17) is 16.7 Å². The maximum atomic E-state index is 10.5. The van der Waals surface area contributed by atoms with Crippen molar-refractivity contribution in [2.75, 3.05) is 5.32 Å². The van der Waals surface area contributed by atoms with Gasteiger partial charge in [-0.15, -0.1) is 0 Å². The van der Waals surface area contributed by atoms with Gasteiger partial charge >= 0.3 is 11.7 Å². The summed E-state index contributed by atoms with van der Waals surface area (Å²) in [5, 5.41) is 21.6. The van der Waals surface area contributed by atoms with E-state index in [1.165, 1.54) is 0 Å². The van der Waals surface area contributed by atoms with Crippen LogP contribution in [0.2, 0.25) is 5.02 Å². The fraction of sp³-hybridized carbons (Fsp3) is 0. The summed E-state index contributed by atoms with van der Waals surface area (Å²) in [5.74, 6) is -1.62. The first-order valence-electron chi connectivity index (χ1n) is 4.11. The first-order valence-corrected chi connectivity index (χ1v) is 4.49. The zero-order valence-corrected chi connectivity index (χ0v) is 8.64. The van der Waals surface area contributed by atoms with Gasteiger partial charge in [0.2, 0.25) is 0 Å². The highest BCUT2D eigenvalue weighted by molar-refractivity contribution is 6.33. The van der Waals surface area contributed by atoms with Crippen LogP contribution in [0, 0.1) is 10.1 Å². The van der Waals surface area contributed by atoms with Gasteiger partial charge in [-0.3, -0.25) is 10.1 Å². The van der Waals surface area contributed by atoms with E-state index in [1.54, 1.807) is 24.3 Å². The van der Waals surface area contributed by atoms with Gasteiger partial charge in [0.05, 0.1) is 21.8 Å². The summed E-state index contributed by atoms with van der Waals surface area (Å²) >= 11 is 5.76. The minimum absolute atomic E-state index is 0.340. The molecule has 0 aliphatic heterocycles. The molecule has 16 heavy (non-hydrogen) atoms. The first-order chi connectivity index (χ1) is 7.52. The Bertz CT molecular complexity index is 443. The summed E-state index contributed by atoms with van der Waals surface area (Å²) in [4.78, 5) is 19.8. The number of para-hydroxylation sites is 1. The second-order valence-corrected chi connectivity index (χ2v) is 3.12. The average Bonchev–Trinajstić information content (AvgIpc) is 2.20. The molecule has 0 amide bonds. The van der Waals surface area contributed by atoms with Crippen molar-refractivity contribution in [2.24, 2.45) is 0 Å². The van der Waals surface area contributed by atoms with E-state index in [2.05, 4.69) is 5.32 Å². The molecule has 0 aromatic heterocycles. The van der Waals surface area contributed by atoms with E-state index < -0.39 is 16.6 Å². The Morgan fingerprint density at radius 2 is 2.12 bits per heavy atom. The molecule has 0 bridgehead atoms. The zero-order valence-electron chi connectivity index (χ0n) is 7.88. The predicted octanol–water partition coefficient (Wildman–Crippen LogP) is 1.95. The molecule has 0 unspecified atom stereocenters. The van der Waals surface area contributed by atoms with Gasteiger partial charge in [0.1, 0.15) is 0 Å². The van der Waals surface area contributed by atoms with Crippen LogP contribution >= 0.6 is 11.6 Å². The molecule has 1 rings (SSSR count). The minimum atomic E-state index is -1.62. The van der Waals surface area contributed by atoms with Crippen molar-refractivity contribution in [3.8, 4) is 0 Å². The number of aliphatic carboxylic acids is 1. The number of nitrogens with one attached hydrogen (secondary N) is 1. The van der Waals surface area contributed by atoms with Crippen molar-refractivity contribution in [3.05, 3.63) is 51.3 Å². The number of hydrogen-bond acceptors (Lipinski definition) is 4. The van der Waals surface area contributed by atoms with Crippen LogP contribution in [0.4, 0.5) is 5.69 Å². The summed E-state index contributed by atoms with van der Waals surface area (Å²) in [6, 6.07) is 6.49. The van der Waals surface area contributed by atoms with Crippen LogP contribution in [0.1, 0.15) is 0 Å². The van der Waals surface area contributed by atoms with Gasteiger partial charge < -0.3 is 10.4 Å². The highest BCUT2D eigenvalue weighted by atomic mass is 35.5. The molecule has 6 nitrogen and oxygen atoms in total. The molecule has 84 valence electrons. The number of nitrogens with zero attached hydrogens (tertiary/aromatic N) is 1. The Morgan fingerprint density at radius 3 is 2.62 bits per heavy atom. The van der Waals surface area contributed by atoms with Gasteiger partial charge in [-0.25, -0.2) is 4.79 Å². The normalized spacial score (nSPS) is 10.9. The molecule has 0 aliphatic rings. The smallest absolute Gasteiger partial charge is 0.409 e. The minimum Gasteiger partial charge on any atom is -0.473 e. The Hall–Kier alpha value is -2.08. The summed E-state index contributed by atoms with van der Waals surface area (Å²) in [6.45, 7) is 0. The van der Waals surface area contributed by atoms with Crippen LogP contribution in [0.3, 0.4) is 0 Å². The van der Waals surface area contributed by atoms with Crippen molar-refractivity contribution in [2.45, 2.75) is 0 Å². The first kappa shape index (κ1) is 12.0. The number of carbonyl (C=O) groups is 1. The van der Waals surface area contributed by atoms with Crippen LogP contribution in [-0.2, 0) is 4.79 Å². The fourth-order valence-corrected chi connectivity index (χ4v) is 1.11. The van der Waals surface area contributed by atoms with Crippen LogP contribution in [-0.4, -0.2) is 16.0 Å². The van der Waals surface area contributed by atoms with E-state index in [0.717, 1.165) is 6.20 Å². The molecule has 1 aromatic carbocycles. The Labute approximate surface area is 95.3 Å². The number of rotatable bonds is 4. The van der Waals surface area contributed by atoms with E-state index in [0.29, 0.717) is 10.7 Å². The van der Waals surface area contributed by atoms with Crippen molar-refractivity contribution in [1.82, 2.24) is 0 Å². The van der Waals surface area contributed by atoms with Crippen LogP contribution in [0.5, 0.6) is 0 Å². The van der Waals surface area contributed by atoms with Gasteiger partial charge in [0, 0.05) is 0 Å². The summed E-state index contributed by atoms with van der Waals surface area (Å²) in [6.07, 6.45) is 0.781. The number of benzene rings is 1. The number of hydrogen-bond donors (Lipinski definition) is 2. The van der Waals surface area contributed by atoms with Crippen LogP contribution in [0.25, 0.3) is 0 Å². The monoisotopic (exact) mass is 242 g/mol. The van der Waals surface area contributed by atoms with Crippen LogP contribution in [0.15, 0.2) is 36.2 Å². The van der Waals surface area contributed by atoms with E-state index in [-0.39, 0.29) is 0 Å². The Kier molecular flexibility index (Phi) is 3.84. The quantitative estimate of drug-likeness (QED) is 0.478. The topological polar surface area (TPSA) is 92.5 Å². The number of carboxylic acids is 1. The van der Waals surface area contributed by atoms with Crippen molar-refractivity contribution >= 4 is 23.3 Å². The zero-order chi connectivity index (χ0) is 12.1. The molecule has 7 heteroatoms. The Morgan fingerprint density at radius 1 is 1.50 bits per heavy atom. The maximum Gasteiger partial charge on any atom is 0.409 e. The van der Waals surface area contributed by atoms with Crippen molar-refractivity contribution < 1.29 is 14.8 Å². The van der Waals surface area contributed by atoms with E-state index >= 15 is 0 Å². The lowest BCUT2D eigenvalue weighted by Gasteiger charge is -2.02.